The molecule has 1 rings (SSSR count). The number of aliphatic hydroxyl groups excluding tert-OH is 1. The quantitative estimate of drug-likeness (QED) is 0.729. The fourth-order valence-electron chi connectivity index (χ4n) is 2.05. The second kappa shape index (κ2) is 5.54. The van der Waals surface area contributed by atoms with Gasteiger partial charge in [0, 0.05) is 18.6 Å². The zero-order valence-corrected chi connectivity index (χ0v) is 11.0. The predicted octanol–water partition coefficient (Wildman–Crippen LogP) is 2.23. The van der Waals surface area contributed by atoms with Crippen molar-refractivity contribution in [3.8, 4) is 0 Å². The average molecular weight is 241 g/mol. The maximum Gasteiger partial charge on any atom is 0.407 e. The Labute approximate surface area is 103 Å². The Balaban J connectivity index is 2.49. The molecular formula is C13H23NO3. The van der Waals surface area contributed by atoms with Gasteiger partial charge in [0.15, 0.2) is 0 Å². The van der Waals surface area contributed by atoms with Gasteiger partial charge in [-0.2, -0.15) is 0 Å². The van der Waals surface area contributed by atoms with Gasteiger partial charge in [-0.1, -0.05) is 12.2 Å². The highest BCUT2D eigenvalue weighted by Gasteiger charge is 2.29. The summed E-state index contributed by atoms with van der Waals surface area (Å²) in [4.78, 5) is 11.6. The number of carbonyl (C=O) groups is 1. The molecule has 4 nitrogen and oxygen atoms in total. The number of hydrogen-bond donors (Lipinski definition) is 2. The summed E-state index contributed by atoms with van der Waals surface area (Å²) in [6.07, 6.45) is 2.09. The molecule has 1 fully saturated rings. The third-order valence-electron chi connectivity index (χ3n) is 2.87. The molecule has 0 aromatic heterocycles. The molecule has 0 aromatic rings. The molecule has 0 aromatic carbocycles. The van der Waals surface area contributed by atoms with Gasteiger partial charge >= 0.3 is 6.09 Å². The average Bonchev–Trinajstić information content (AvgIpc) is 2.17. The zero-order valence-electron chi connectivity index (χ0n) is 11.0. The molecule has 0 unspecified atom stereocenters. The van der Waals surface area contributed by atoms with Gasteiger partial charge in [0.25, 0.3) is 0 Å². The second-order valence-corrected chi connectivity index (χ2v) is 5.69. The molecule has 0 radical (unpaired) electrons. The van der Waals surface area contributed by atoms with Crippen LogP contribution in [0.5, 0.6) is 0 Å². The van der Waals surface area contributed by atoms with E-state index in [1.807, 2.05) is 20.8 Å². The Kier molecular flexibility index (Phi) is 4.57. The summed E-state index contributed by atoms with van der Waals surface area (Å²) >= 11 is 0. The van der Waals surface area contributed by atoms with Gasteiger partial charge in [-0.15, -0.1) is 0 Å². The van der Waals surface area contributed by atoms with E-state index in [4.69, 9.17) is 4.74 Å². The van der Waals surface area contributed by atoms with E-state index in [0.717, 1.165) is 24.8 Å². The minimum absolute atomic E-state index is 0.0136. The van der Waals surface area contributed by atoms with Crippen molar-refractivity contribution in [2.24, 2.45) is 5.92 Å². The van der Waals surface area contributed by atoms with E-state index < -0.39 is 11.7 Å². The molecule has 0 heterocycles. The van der Waals surface area contributed by atoms with Crippen molar-refractivity contribution in [1.29, 1.82) is 0 Å². The van der Waals surface area contributed by atoms with E-state index in [-0.39, 0.29) is 18.6 Å². The topological polar surface area (TPSA) is 58.6 Å². The van der Waals surface area contributed by atoms with Gasteiger partial charge in [-0.3, -0.25) is 0 Å². The third kappa shape index (κ3) is 4.77. The van der Waals surface area contributed by atoms with Crippen LogP contribution in [0.1, 0.15) is 40.0 Å². The maximum absolute atomic E-state index is 11.6. The second-order valence-electron chi connectivity index (χ2n) is 5.69. The minimum atomic E-state index is -0.489. The minimum Gasteiger partial charge on any atom is -0.444 e. The standard InChI is InChI=1S/C13H23NO3/c1-9-5-6-11(10(7-9)8-15)14-12(16)17-13(2,3)4/h10-11,15H,1,5-8H2,2-4H3,(H,14,16)/t10-,11+/m1/s1. The van der Waals surface area contributed by atoms with Crippen LogP contribution in [-0.2, 0) is 4.74 Å². The van der Waals surface area contributed by atoms with Crippen molar-refractivity contribution in [2.45, 2.75) is 51.7 Å². The third-order valence-corrected chi connectivity index (χ3v) is 2.87. The van der Waals surface area contributed by atoms with Gasteiger partial charge in [0.1, 0.15) is 5.60 Å². The van der Waals surface area contributed by atoms with E-state index in [0.29, 0.717) is 0 Å². The highest BCUT2D eigenvalue weighted by Crippen LogP contribution is 2.27. The van der Waals surface area contributed by atoms with Crippen LogP contribution in [0, 0.1) is 5.92 Å². The molecule has 2 atom stereocenters. The van der Waals surface area contributed by atoms with Crippen LogP contribution in [0.4, 0.5) is 4.79 Å². The van der Waals surface area contributed by atoms with Gasteiger partial charge in [-0.05, 0) is 40.0 Å². The van der Waals surface area contributed by atoms with Crippen LogP contribution >= 0.6 is 0 Å². The number of carbonyl (C=O) groups excluding carboxylic acids is 1. The molecule has 1 aliphatic carbocycles. The first kappa shape index (κ1) is 14.0. The summed E-state index contributed by atoms with van der Waals surface area (Å²) in [7, 11) is 0. The highest BCUT2D eigenvalue weighted by atomic mass is 16.6. The Hall–Kier alpha value is -1.03. The van der Waals surface area contributed by atoms with Crippen LogP contribution < -0.4 is 5.32 Å². The Morgan fingerprint density at radius 2 is 2.24 bits per heavy atom. The number of alkyl carbamates (subject to hydrolysis) is 1. The number of rotatable bonds is 2. The van der Waals surface area contributed by atoms with Crippen LogP contribution in [0.2, 0.25) is 0 Å². The van der Waals surface area contributed by atoms with Gasteiger partial charge in [0.2, 0.25) is 0 Å². The van der Waals surface area contributed by atoms with Crippen LogP contribution in [-0.4, -0.2) is 29.4 Å². The number of ether oxygens (including phenoxy) is 1. The van der Waals surface area contributed by atoms with Crippen molar-refractivity contribution in [3.63, 3.8) is 0 Å². The lowest BCUT2D eigenvalue weighted by atomic mass is 9.82. The Bertz CT molecular complexity index is 294. The summed E-state index contributed by atoms with van der Waals surface area (Å²) in [6.45, 7) is 9.50. The van der Waals surface area contributed by atoms with Crippen molar-refractivity contribution >= 4 is 6.09 Å². The summed E-state index contributed by atoms with van der Waals surface area (Å²) in [5, 5.41) is 12.1. The number of amides is 1. The van der Waals surface area contributed by atoms with E-state index in [1.54, 1.807) is 0 Å². The summed E-state index contributed by atoms with van der Waals surface area (Å²) in [6, 6.07) is -0.0136. The summed E-state index contributed by atoms with van der Waals surface area (Å²) in [5.74, 6) is 0.0590. The fourth-order valence-corrected chi connectivity index (χ4v) is 2.05. The molecule has 1 amide bonds. The molecule has 0 bridgehead atoms. The highest BCUT2D eigenvalue weighted by molar-refractivity contribution is 5.68. The fraction of sp³-hybridized carbons (Fsp3) is 0.769. The monoisotopic (exact) mass is 241 g/mol. The number of nitrogens with one attached hydrogen (secondary N) is 1. The van der Waals surface area contributed by atoms with Gasteiger partial charge in [0.05, 0.1) is 0 Å². The zero-order chi connectivity index (χ0) is 13.1. The van der Waals surface area contributed by atoms with Crippen molar-refractivity contribution in [2.75, 3.05) is 6.61 Å². The molecular weight excluding hydrogens is 218 g/mol. The van der Waals surface area contributed by atoms with Gasteiger partial charge in [-0.25, -0.2) is 4.79 Å². The lowest BCUT2D eigenvalue weighted by Crippen LogP contribution is -2.45. The Morgan fingerprint density at radius 3 is 2.76 bits per heavy atom. The summed E-state index contributed by atoms with van der Waals surface area (Å²) < 4.78 is 5.21. The van der Waals surface area contributed by atoms with Gasteiger partial charge < -0.3 is 15.2 Å². The van der Waals surface area contributed by atoms with E-state index in [1.165, 1.54) is 0 Å². The van der Waals surface area contributed by atoms with Crippen LogP contribution in [0.3, 0.4) is 0 Å². The lowest BCUT2D eigenvalue weighted by Gasteiger charge is -2.32. The predicted molar refractivity (Wildman–Crippen MR) is 66.7 cm³/mol. The molecule has 4 heteroatoms. The van der Waals surface area contributed by atoms with E-state index in [2.05, 4.69) is 11.9 Å². The van der Waals surface area contributed by atoms with E-state index >= 15 is 0 Å². The molecule has 1 aliphatic rings. The van der Waals surface area contributed by atoms with E-state index in [9.17, 15) is 9.90 Å². The van der Waals surface area contributed by atoms with Crippen LogP contribution in [0.15, 0.2) is 12.2 Å². The Morgan fingerprint density at radius 1 is 1.59 bits per heavy atom. The first-order valence-corrected chi connectivity index (χ1v) is 6.09. The first-order chi connectivity index (χ1) is 7.81. The molecule has 17 heavy (non-hydrogen) atoms. The first-order valence-electron chi connectivity index (χ1n) is 6.09. The van der Waals surface area contributed by atoms with Crippen molar-refractivity contribution in [3.05, 3.63) is 12.2 Å². The van der Waals surface area contributed by atoms with Crippen molar-refractivity contribution in [1.82, 2.24) is 5.32 Å². The van der Waals surface area contributed by atoms with Crippen LogP contribution in [0.25, 0.3) is 0 Å². The SMILES string of the molecule is C=C1CC[C@H](NC(=O)OC(C)(C)C)[C@@H](CO)C1. The molecule has 1 saturated carbocycles. The largest absolute Gasteiger partial charge is 0.444 e. The molecule has 2 N–H and O–H groups in total. The number of hydrogen-bond acceptors (Lipinski definition) is 3. The van der Waals surface area contributed by atoms with Crippen molar-refractivity contribution < 1.29 is 14.6 Å². The lowest BCUT2D eigenvalue weighted by molar-refractivity contribution is 0.0457. The molecule has 0 saturated heterocycles. The summed E-state index contributed by atoms with van der Waals surface area (Å²) in [5.41, 5.74) is 0.656. The number of aliphatic hydroxyl groups is 1. The maximum atomic E-state index is 11.6. The molecule has 0 aliphatic heterocycles. The normalized spacial score (nSPS) is 25.5. The number of allylic oxidation sites excluding steroid dienone is 1. The molecule has 0 spiro atoms. The smallest absolute Gasteiger partial charge is 0.407 e. The molecule has 98 valence electrons.